The van der Waals surface area contributed by atoms with Gasteiger partial charge in [-0.15, -0.1) is 11.8 Å². The van der Waals surface area contributed by atoms with E-state index in [-0.39, 0.29) is 17.0 Å². The molecule has 1 N–H and O–H groups in total. The van der Waals surface area contributed by atoms with E-state index in [1.807, 2.05) is 6.92 Å². The molecule has 1 spiro atoms. The Kier molecular flexibility index (Phi) is 4.96. The highest BCUT2D eigenvalue weighted by atomic mass is 32.2. The highest BCUT2D eigenvalue weighted by molar-refractivity contribution is 8.00. The molecule has 1 heterocycles. The maximum Gasteiger partial charge on any atom is 0.316 e. The smallest absolute Gasteiger partial charge is 0.316 e. The SMILES string of the molecule is CCC(SCC1CCC2(CCCCC2)O1)C(=O)O. The van der Waals surface area contributed by atoms with Gasteiger partial charge in [-0.3, -0.25) is 4.79 Å². The first-order valence-electron chi connectivity index (χ1n) is 7.17. The molecule has 1 aliphatic heterocycles. The summed E-state index contributed by atoms with van der Waals surface area (Å²) in [7, 11) is 0. The van der Waals surface area contributed by atoms with Gasteiger partial charge in [0.1, 0.15) is 5.25 Å². The van der Waals surface area contributed by atoms with Gasteiger partial charge in [0.15, 0.2) is 0 Å². The van der Waals surface area contributed by atoms with Crippen molar-refractivity contribution in [2.24, 2.45) is 0 Å². The van der Waals surface area contributed by atoms with E-state index in [1.165, 1.54) is 38.5 Å². The first-order valence-corrected chi connectivity index (χ1v) is 8.22. The van der Waals surface area contributed by atoms with Crippen LogP contribution in [0.1, 0.15) is 58.3 Å². The quantitative estimate of drug-likeness (QED) is 0.832. The van der Waals surface area contributed by atoms with Crippen molar-refractivity contribution in [1.29, 1.82) is 0 Å². The second-order valence-electron chi connectivity index (χ2n) is 5.59. The van der Waals surface area contributed by atoms with Gasteiger partial charge in [0.25, 0.3) is 0 Å². The summed E-state index contributed by atoms with van der Waals surface area (Å²) in [6, 6.07) is 0. The predicted octanol–water partition coefficient (Wildman–Crippen LogP) is 3.46. The normalized spacial score (nSPS) is 28.4. The molecule has 104 valence electrons. The van der Waals surface area contributed by atoms with Crippen LogP contribution in [0.4, 0.5) is 0 Å². The lowest BCUT2D eigenvalue weighted by molar-refractivity contribution is -0.136. The number of carbonyl (C=O) groups is 1. The number of rotatable bonds is 5. The van der Waals surface area contributed by atoms with Crippen molar-refractivity contribution in [3.05, 3.63) is 0 Å². The van der Waals surface area contributed by atoms with Crippen molar-refractivity contribution < 1.29 is 14.6 Å². The minimum Gasteiger partial charge on any atom is -0.480 e. The molecule has 2 fully saturated rings. The van der Waals surface area contributed by atoms with Gasteiger partial charge in [-0.25, -0.2) is 0 Å². The average molecular weight is 272 g/mol. The lowest BCUT2D eigenvalue weighted by Crippen LogP contribution is -2.32. The van der Waals surface area contributed by atoms with E-state index in [0.29, 0.717) is 6.42 Å². The maximum atomic E-state index is 11.0. The molecule has 0 aromatic heterocycles. The molecule has 0 radical (unpaired) electrons. The Balaban J connectivity index is 1.77. The lowest BCUT2D eigenvalue weighted by Gasteiger charge is -2.33. The van der Waals surface area contributed by atoms with Crippen LogP contribution in [0.3, 0.4) is 0 Å². The first kappa shape index (κ1) is 14.2. The van der Waals surface area contributed by atoms with Gasteiger partial charge in [-0.05, 0) is 32.1 Å². The molecule has 4 heteroatoms. The Bertz CT molecular complexity index is 287. The highest BCUT2D eigenvalue weighted by Crippen LogP contribution is 2.42. The van der Waals surface area contributed by atoms with E-state index in [4.69, 9.17) is 9.84 Å². The van der Waals surface area contributed by atoms with Gasteiger partial charge in [0.2, 0.25) is 0 Å². The topological polar surface area (TPSA) is 46.5 Å². The van der Waals surface area contributed by atoms with Gasteiger partial charge >= 0.3 is 5.97 Å². The average Bonchev–Trinajstić information content (AvgIpc) is 2.74. The Morgan fingerprint density at radius 3 is 2.72 bits per heavy atom. The molecule has 18 heavy (non-hydrogen) atoms. The van der Waals surface area contributed by atoms with Crippen molar-refractivity contribution in [3.8, 4) is 0 Å². The van der Waals surface area contributed by atoms with Crippen molar-refractivity contribution in [2.75, 3.05) is 5.75 Å². The molecule has 0 bridgehead atoms. The third-order valence-electron chi connectivity index (χ3n) is 4.23. The monoisotopic (exact) mass is 272 g/mol. The van der Waals surface area contributed by atoms with Crippen LogP contribution in [0.5, 0.6) is 0 Å². The van der Waals surface area contributed by atoms with E-state index in [1.54, 1.807) is 11.8 Å². The summed E-state index contributed by atoms with van der Waals surface area (Å²) < 4.78 is 6.25. The zero-order valence-electron chi connectivity index (χ0n) is 11.2. The number of carboxylic acids is 1. The first-order chi connectivity index (χ1) is 8.65. The van der Waals surface area contributed by atoms with Crippen molar-refractivity contribution in [3.63, 3.8) is 0 Å². The predicted molar refractivity (Wildman–Crippen MR) is 74.1 cm³/mol. The van der Waals surface area contributed by atoms with Gasteiger partial charge in [0, 0.05) is 5.75 Å². The fourth-order valence-electron chi connectivity index (χ4n) is 3.16. The summed E-state index contributed by atoms with van der Waals surface area (Å²) in [6.45, 7) is 1.93. The Labute approximate surface area is 114 Å². The van der Waals surface area contributed by atoms with E-state index in [9.17, 15) is 4.79 Å². The Hall–Kier alpha value is -0.220. The molecule has 1 saturated heterocycles. The number of carboxylic acid groups (broad SMARTS) is 1. The second kappa shape index (κ2) is 6.29. The molecular formula is C14H24O3S. The molecule has 2 atom stereocenters. The fraction of sp³-hybridized carbons (Fsp3) is 0.929. The Morgan fingerprint density at radius 1 is 1.39 bits per heavy atom. The number of hydrogen-bond donors (Lipinski definition) is 1. The van der Waals surface area contributed by atoms with Gasteiger partial charge in [-0.2, -0.15) is 0 Å². The van der Waals surface area contributed by atoms with Crippen molar-refractivity contribution in [2.45, 2.75) is 75.2 Å². The number of ether oxygens (including phenoxy) is 1. The molecule has 0 aromatic rings. The molecule has 2 aliphatic rings. The van der Waals surface area contributed by atoms with Gasteiger partial charge < -0.3 is 9.84 Å². The van der Waals surface area contributed by atoms with Crippen molar-refractivity contribution >= 4 is 17.7 Å². The van der Waals surface area contributed by atoms with Gasteiger partial charge in [0.05, 0.1) is 11.7 Å². The molecule has 0 aromatic carbocycles. The van der Waals surface area contributed by atoms with E-state index < -0.39 is 5.97 Å². The molecular weight excluding hydrogens is 248 g/mol. The van der Waals surface area contributed by atoms with E-state index in [2.05, 4.69) is 0 Å². The van der Waals surface area contributed by atoms with Crippen LogP contribution in [0.15, 0.2) is 0 Å². The third-order valence-corrected chi connectivity index (χ3v) is 5.73. The van der Waals surface area contributed by atoms with Crippen LogP contribution < -0.4 is 0 Å². The number of thioether (sulfide) groups is 1. The minimum atomic E-state index is -0.687. The second-order valence-corrected chi connectivity index (χ2v) is 6.83. The fourth-order valence-corrected chi connectivity index (χ4v) is 4.22. The summed E-state index contributed by atoms with van der Waals surface area (Å²) in [5.74, 6) is 0.153. The third kappa shape index (κ3) is 3.41. The van der Waals surface area contributed by atoms with Crippen LogP contribution in [-0.2, 0) is 9.53 Å². The van der Waals surface area contributed by atoms with Crippen LogP contribution in [0.2, 0.25) is 0 Å². The van der Waals surface area contributed by atoms with E-state index in [0.717, 1.165) is 12.2 Å². The van der Waals surface area contributed by atoms with Crippen LogP contribution in [0, 0.1) is 0 Å². The summed E-state index contributed by atoms with van der Waals surface area (Å²) in [5, 5.41) is 8.76. The summed E-state index contributed by atoms with van der Waals surface area (Å²) >= 11 is 1.55. The lowest BCUT2D eigenvalue weighted by atomic mass is 9.83. The van der Waals surface area contributed by atoms with Crippen molar-refractivity contribution in [1.82, 2.24) is 0 Å². The summed E-state index contributed by atoms with van der Waals surface area (Å²) in [5.41, 5.74) is 0.161. The molecule has 3 nitrogen and oxygen atoms in total. The highest BCUT2D eigenvalue weighted by Gasteiger charge is 2.40. The number of hydrogen-bond acceptors (Lipinski definition) is 3. The molecule has 0 amide bonds. The largest absolute Gasteiger partial charge is 0.480 e. The molecule has 2 rings (SSSR count). The van der Waals surface area contributed by atoms with Gasteiger partial charge in [-0.1, -0.05) is 26.2 Å². The zero-order valence-corrected chi connectivity index (χ0v) is 12.0. The van der Waals surface area contributed by atoms with Crippen LogP contribution in [0.25, 0.3) is 0 Å². The van der Waals surface area contributed by atoms with Crippen LogP contribution >= 0.6 is 11.8 Å². The summed E-state index contributed by atoms with van der Waals surface area (Å²) in [4.78, 5) is 11.0. The minimum absolute atomic E-state index is 0.161. The molecule has 2 unspecified atom stereocenters. The molecule has 1 aliphatic carbocycles. The standard InChI is InChI=1S/C14H24O3S/c1-2-12(13(15)16)18-10-11-6-9-14(17-11)7-4-3-5-8-14/h11-12H,2-10H2,1H3,(H,15,16). The Morgan fingerprint density at radius 2 is 2.11 bits per heavy atom. The number of aliphatic carboxylic acids is 1. The van der Waals surface area contributed by atoms with E-state index >= 15 is 0 Å². The zero-order chi connectivity index (χ0) is 13.0. The van der Waals surface area contributed by atoms with Crippen LogP contribution in [-0.4, -0.2) is 33.8 Å². The summed E-state index contributed by atoms with van der Waals surface area (Å²) in [6.07, 6.45) is 9.64. The maximum absolute atomic E-state index is 11.0. The molecule has 1 saturated carbocycles.